The Labute approximate surface area is 116 Å². The van der Waals surface area contributed by atoms with Crippen molar-refractivity contribution in [1.82, 2.24) is 10.6 Å². The summed E-state index contributed by atoms with van der Waals surface area (Å²) in [6.07, 6.45) is 1.57. The molecule has 5 nitrogen and oxygen atoms in total. The molecule has 0 bridgehead atoms. The largest absolute Gasteiger partial charge is 0.481 e. The quantitative estimate of drug-likeness (QED) is 0.791. The van der Waals surface area contributed by atoms with Crippen molar-refractivity contribution in [3.8, 4) is 0 Å². The van der Waals surface area contributed by atoms with Crippen molar-refractivity contribution in [1.29, 1.82) is 0 Å². The maximum atomic E-state index is 11.6. The zero-order chi connectivity index (χ0) is 13.8. The normalized spacial score (nSPS) is 16.8. The topological polar surface area (TPSA) is 78.4 Å². The second-order valence-electron chi connectivity index (χ2n) is 4.44. The predicted octanol–water partition coefficient (Wildman–Crippen LogP) is 2.10. The summed E-state index contributed by atoms with van der Waals surface area (Å²) in [5.74, 6) is -0.932. The molecule has 0 spiro atoms. The average molecular weight is 283 g/mol. The van der Waals surface area contributed by atoms with Crippen molar-refractivity contribution in [2.75, 3.05) is 6.54 Å². The van der Waals surface area contributed by atoms with Crippen molar-refractivity contribution in [2.45, 2.75) is 25.3 Å². The van der Waals surface area contributed by atoms with Gasteiger partial charge in [0.25, 0.3) is 0 Å². The Morgan fingerprint density at radius 3 is 2.95 bits per heavy atom. The summed E-state index contributed by atoms with van der Waals surface area (Å²) in [7, 11) is 0. The first-order valence-electron chi connectivity index (χ1n) is 6.11. The molecule has 3 N–H and O–H groups in total. The van der Waals surface area contributed by atoms with E-state index < -0.39 is 5.97 Å². The summed E-state index contributed by atoms with van der Waals surface area (Å²) in [5, 5.41) is 14.6. The van der Waals surface area contributed by atoms with Gasteiger partial charge in [-0.3, -0.25) is 4.79 Å². The highest BCUT2D eigenvalue weighted by Gasteiger charge is 2.25. The molecular formula is C13H15ClN2O3. The lowest BCUT2D eigenvalue weighted by Crippen LogP contribution is -2.38. The molecular weight excluding hydrogens is 268 g/mol. The fourth-order valence-corrected chi connectivity index (χ4v) is 2.53. The minimum absolute atomic E-state index is 0.0569. The fourth-order valence-electron chi connectivity index (χ4n) is 2.25. The molecule has 1 aliphatic carbocycles. The molecule has 1 unspecified atom stereocenters. The molecule has 0 radical (unpaired) electrons. The van der Waals surface area contributed by atoms with E-state index in [1.165, 1.54) is 0 Å². The highest BCUT2D eigenvalue weighted by molar-refractivity contribution is 6.31. The van der Waals surface area contributed by atoms with E-state index in [9.17, 15) is 9.59 Å². The van der Waals surface area contributed by atoms with Crippen molar-refractivity contribution in [3.63, 3.8) is 0 Å². The van der Waals surface area contributed by atoms with E-state index in [4.69, 9.17) is 16.7 Å². The van der Waals surface area contributed by atoms with Crippen molar-refractivity contribution >= 4 is 23.6 Å². The molecule has 19 heavy (non-hydrogen) atoms. The third kappa shape index (κ3) is 3.38. The first kappa shape index (κ1) is 13.7. The average Bonchev–Trinajstić information content (AvgIpc) is 2.73. The molecule has 1 atom stereocenters. The minimum Gasteiger partial charge on any atom is -0.481 e. The minimum atomic E-state index is -0.932. The molecule has 0 heterocycles. The molecule has 0 saturated carbocycles. The van der Waals surface area contributed by atoms with Crippen LogP contribution in [0.1, 0.15) is 30.0 Å². The smallest absolute Gasteiger partial charge is 0.315 e. The summed E-state index contributed by atoms with van der Waals surface area (Å²) in [6, 6.07) is 5.26. The molecule has 0 aliphatic heterocycles. The lowest BCUT2D eigenvalue weighted by Gasteiger charge is -2.14. The third-order valence-corrected chi connectivity index (χ3v) is 3.50. The summed E-state index contributed by atoms with van der Waals surface area (Å²) in [6.45, 7) is 0.121. The molecule has 0 saturated heterocycles. The van der Waals surface area contributed by atoms with Crippen LogP contribution in [0.4, 0.5) is 4.79 Å². The van der Waals surface area contributed by atoms with Gasteiger partial charge in [0, 0.05) is 11.6 Å². The monoisotopic (exact) mass is 282 g/mol. The number of fused-ring (bicyclic) bond motifs is 1. The van der Waals surface area contributed by atoms with Crippen LogP contribution >= 0.6 is 11.6 Å². The van der Waals surface area contributed by atoms with Crippen molar-refractivity contribution in [3.05, 3.63) is 34.3 Å². The van der Waals surface area contributed by atoms with Crippen LogP contribution in [0.2, 0.25) is 5.02 Å². The van der Waals surface area contributed by atoms with Crippen molar-refractivity contribution in [2.24, 2.45) is 0 Å². The second-order valence-corrected chi connectivity index (χ2v) is 4.85. The van der Waals surface area contributed by atoms with E-state index >= 15 is 0 Å². The van der Waals surface area contributed by atoms with Gasteiger partial charge in [-0.25, -0.2) is 4.79 Å². The van der Waals surface area contributed by atoms with Crippen LogP contribution in [0.15, 0.2) is 18.2 Å². The number of carbonyl (C=O) groups is 2. The van der Waals surface area contributed by atoms with Crippen molar-refractivity contribution < 1.29 is 14.7 Å². The lowest BCUT2D eigenvalue weighted by molar-refractivity contribution is -0.136. The number of aliphatic carboxylic acids is 1. The van der Waals surface area contributed by atoms with Crippen LogP contribution in [0.3, 0.4) is 0 Å². The number of carboxylic acid groups (broad SMARTS) is 1. The van der Waals surface area contributed by atoms with Gasteiger partial charge < -0.3 is 15.7 Å². The molecule has 1 aromatic carbocycles. The molecule has 0 aromatic heterocycles. The van der Waals surface area contributed by atoms with E-state index in [0.717, 1.165) is 29.0 Å². The Balaban J connectivity index is 1.90. The van der Waals surface area contributed by atoms with Crippen LogP contribution in [0.5, 0.6) is 0 Å². The second kappa shape index (κ2) is 5.93. The van der Waals surface area contributed by atoms with E-state index in [-0.39, 0.29) is 25.0 Å². The van der Waals surface area contributed by atoms with Gasteiger partial charge in [0.05, 0.1) is 12.5 Å². The third-order valence-electron chi connectivity index (χ3n) is 3.14. The number of hydrogen-bond donors (Lipinski definition) is 3. The van der Waals surface area contributed by atoms with Crippen LogP contribution in [-0.2, 0) is 11.2 Å². The summed E-state index contributed by atoms with van der Waals surface area (Å²) < 4.78 is 0. The molecule has 1 aliphatic rings. The Bertz CT molecular complexity index is 505. The number of hydrogen-bond acceptors (Lipinski definition) is 2. The van der Waals surface area contributed by atoms with Crippen LogP contribution in [-0.4, -0.2) is 23.7 Å². The van der Waals surface area contributed by atoms with Gasteiger partial charge in [-0.2, -0.15) is 0 Å². The number of nitrogens with one attached hydrogen (secondary N) is 2. The molecule has 0 fully saturated rings. The van der Waals surface area contributed by atoms with Gasteiger partial charge in [-0.05, 0) is 30.0 Å². The SMILES string of the molecule is O=C(O)CCNC(=O)NC1CCc2c(Cl)cccc21. The molecule has 102 valence electrons. The highest BCUT2D eigenvalue weighted by atomic mass is 35.5. The van der Waals surface area contributed by atoms with Gasteiger partial charge in [-0.1, -0.05) is 23.7 Å². The van der Waals surface area contributed by atoms with Gasteiger partial charge in [0.1, 0.15) is 0 Å². The highest BCUT2D eigenvalue weighted by Crippen LogP contribution is 2.35. The van der Waals surface area contributed by atoms with E-state index in [1.54, 1.807) is 0 Å². The van der Waals surface area contributed by atoms with Gasteiger partial charge >= 0.3 is 12.0 Å². The number of urea groups is 1. The van der Waals surface area contributed by atoms with Gasteiger partial charge in [0.15, 0.2) is 0 Å². The van der Waals surface area contributed by atoms with Gasteiger partial charge in [-0.15, -0.1) is 0 Å². The Kier molecular flexibility index (Phi) is 4.27. The lowest BCUT2D eigenvalue weighted by atomic mass is 10.1. The molecule has 2 rings (SSSR count). The Morgan fingerprint density at radius 2 is 2.21 bits per heavy atom. The Morgan fingerprint density at radius 1 is 1.42 bits per heavy atom. The molecule has 2 amide bonds. The van der Waals surface area contributed by atoms with Crippen LogP contribution in [0.25, 0.3) is 0 Å². The summed E-state index contributed by atoms with van der Waals surface area (Å²) in [5.41, 5.74) is 2.13. The number of benzene rings is 1. The van der Waals surface area contributed by atoms with Crippen LogP contribution < -0.4 is 10.6 Å². The number of amides is 2. The summed E-state index contributed by atoms with van der Waals surface area (Å²) in [4.78, 5) is 22.0. The first-order chi connectivity index (χ1) is 9.08. The predicted molar refractivity (Wildman–Crippen MR) is 71.3 cm³/mol. The van der Waals surface area contributed by atoms with E-state index in [0.29, 0.717) is 0 Å². The maximum Gasteiger partial charge on any atom is 0.315 e. The maximum absolute atomic E-state index is 11.6. The Hall–Kier alpha value is -1.75. The number of rotatable bonds is 4. The zero-order valence-corrected chi connectivity index (χ0v) is 11.0. The number of carbonyl (C=O) groups excluding carboxylic acids is 1. The standard InChI is InChI=1S/C13H15ClN2O3/c14-10-3-1-2-9-8(10)4-5-11(9)16-13(19)15-7-6-12(17)18/h1-3,11H,4-7H2,(H,17,18)(H2,15,16,19). The van der Waals surface area contributed by atoms with E-state index in [1.807, 2.05) is 18.2 Å². The number of carboxylic acids is 1. The molecule has 1 aromatic rings. The zero-order valence-electron chi connectivity index (χ0n) is 10.3. The number of halogens is 1. The fraction of sp³-hybridized carbons (Fsp3) is 0.385. The molecule has 6 heteroatoms. The van der Waals surface area contributed by atoms with Crippen LogP contribution in [0, 0.1) is 0 Å². The first-order valence-corrected chi connectivity index (χ1v) is 6.49. The van der Waals surface area contributed by atoms with Gasteiger partial charge in [0.2, 0.25) is 0 Å². The summed E-state index contributed by atoms with van der Waals surface area (Å²) >= 11 is 6.10. The van der Waals surface area contributed by atoms with E-state index in [2.05, 4.69) is 10.6 Å².